The van der Waals surface area contributed by atoms with E-state index in [9.17, 15) is 10.2 Å². The number of nitrogens with zero attached hydrogens (tertiary/aromatic N) is 1. The third kappa shape index (κ3) is 2.85. The highest BCUT2D eigenvalue weighted by Gasteiger charge is 2.29. The van der Waals surface area contributed by atoms with Crippen LogP contribution in [0.15, 0.2) is 18.5 Å². The lowest BCUT2D eigenvalue weighted by Gasteiger charge is -2.30. The van der Waals surface area contributed by atoms with Gasteiger partial charge in [-0.1, -0.05) is 19.3 Å². The molecule has 0 saturated heterocycles. The number of hydrogen-bond acceptors (Lipinski definition) is 3. The van der Waals surface area contributed by atoms with E-state index in [1.54, 1.807) is 12.4 Å². The summed E-state index contributed by atoms with van der Waals surface area (Å²) in [4.78, 5) is 4.02. The van der Waals surface area contributed by atoms with E-state index in [0.29, 0.717) is 0 Å². The molecule has 2 N–H and O–H groups in total. The molecule has 0 radical (unpaired) electrons. The van der Waals surface area contributed by atoms with Crippen LogP contribution in [0.25, 0.3) is 0 Å². The van der Waals surface area contributed by atoms with Crippen LogP contribution in [-0.4, -0.2) is 21.3 Å². The molecule has 1 fully saturated rings. The lowest BCUT2D eigenvalue weighted by Crippen LogP contribution is -2.29. The molecule has 3 heteroatoms. The summed E-state index contributed by atoms with van der Waals surface area (Å²) in [5, 5.41) is 20.5. The summed E-state index contributed by atoms with van der Waals surface area (Å²) in [5.41, 5.74) is 1.74. The molecule has 1 saturated carbocycles. The molecular formula is C14H21NO2. The largest absolute Gasteiger partial charge is 0.390 e. The highest BCUT2D eigenvalue weighted by molar-refractivity contribution is 5.24. The molecular weight excluding hydrogens is 214 g/mol. The fraction of sp³-hybridized carbons (Fsp3) is 0.643. The normalized spacial score (nSPS) is 21.1. The van der Waals surface area contributed by atoms with Crippen LogP contribution in [0.2, 0.25) is 0 Å². The van der Waals surface area contributed by atoms with Gasteiger partial charge in [-0.25, -0.2) is 0 Å². The first-order valence-electron chi connectivity index (χ1n) is 6.47. The Balaban J connectivity index is 2.08. The third-order valence-corrected chi connectivity index (χ3v) is 3.85. The van der Waals surface area contributed by atoms with E-state index in [2.05, 4.69) is 4.98 Å². The lowest BCUT2D eigenvalue weighted by atomic mass is 9.82. The van der Waals surface area contributed by atoms with Crippen molar-refractivity contribution in [2.24, 2.45) is 5.92 Å². The van der Waals surface area contributed by atoms with Gasteiger partial charge in [0, 0.05) is 18.0 Å². The van der Waals surface area contributed by atoms with E-state index >= 15 is 0 Å². The van der Waals surface area contributed by atoms with Crippen molar-refractivity contribution in [2.75, 3.05) is 0 Å². The summed E-state index contributed by atoms with van der Waals surface area (Å²) in [7, 11) is 0. The first-order valence-corrected chi connectivity index (χ1v) is 6.47. The maximum absolute atomic E-state index is 10.2. The van der Waals surface area contributed by atoms with Gasteiger partial charge in [0.25, 0.3) is 0 Å². The third-order valence-electron chi connectivity index (χ3n) is 3.85. The molecule has 2 unspecified atom stereocenters. The predicted octanol–water partition coefficient (Wildman–Crippen LogP) is 2.36. The Labute approximate surface area is 103 Å². The number of aromatic nitrogens is 1. The maximum atomic E-state index is 10.2. The van der Waals surface area contributed by atoms with E-state index in [-0.39, 0.29) is 5.92 Å². The molecule has 1 heterocycles. The Morgan fingerprint density at radius 2 is 1.94 bits per heavy atom. The van der Waals surface area contributed by atoms with Crippen LogP contribution in [0, 0.1) is 12.8 Å². The van der Waals surface area contributed by atoms with Crippen LogP contribution in [-0.2, 0) is 0 Å². The van der Waals surface area contributed by atoms with E-state index in [0.717, 1.165) is 24.0 Å². The SMILES string of the molecule is Cc1ccncc1C(O)C(O)C1CCCCC1. The standard InChI is InChI=1S/C14H21NO2/c1-10-7-8-15-9-12(10)14(17)13(16)11-5-3-2-4-6-11/h7-9,11,13-14,16-17H,2-6H2,1H3. The zero-order chi connectivity index (χ0) is 12.3. The summed E-state index contributed by atoms with van der Waals surface area (Å²) in [5.74, 6) is 0.235. The summed E-state index contributed by atoms with van der Waals surface area (Å²) in [6, 6.07) is 1.87. The Morgan fingerprint density at radius 1 is 1.24 bits per heavy atom. The smallest absolute Gasteiger partial charge is 0.107 e. The second kappa shape index (κ2) is 5.61. The second-order valence-corrected chi connectivity index (χ2v) is 5.07. The number of aliphatic hydroxyl groups is 2. The van der Waals surface area contributed by atoms with Crippen molar-refractivity contribution >= 4 is 0 Å². The van der Waals surface area contributed by atoms with Crippen molar-refractivity contribution in [3.63, 3.8) is 0 Å². The van der Waals surface area contributed by atoms with Crippen LogP contribution in [0.5, 0.6) is 0 Å². The minimum Gasteiger partial charge on any atom is -0.390 e. The number of aliphatic hydroxyl groups excluding tert-OH is 2. The molecule has 2 rings (SSSR count). The van der Waals surface area contributed by atoms with Crippen molar-refractivity contribution in [1.82, 2.24) is 4.98 Å². The molecule has 94 valence electrons. The molecule has 0 amide bonds. The van der Waals surface area contributed by atoms with E-state index in [1.807, 2.05) is 13.0 Å². The minimum absolute atomic E-state index is 0.235. The first-order chi connectivity index (χ1) is 8.20. The maximum Gasteiger partial charge on any atom is 0.107 e. The summed E-state index contributed by atoms with van der Waals surface area (Å²) in [6.07, 6.45) is 7.55. The quantitative estimate of drug-likeness (QED) is 0.845. The van der Waals surface area contributed by atoms with Gasteiger partial charge in [-0.3, -0.25) is 4.98 Å². The molecule has 17 heavy (non-hydrogen) atoms. The van der Waals surface area contributed by atoms with Crippen LogP contribution in [0.3, 0.4) is 0 Å². The fourth-order valence-electron chi connectivity index (χ4n) is 2.70. The summed E-state index contributed by atoms with van der Waals surface area (Å²) >= 11 is 0. The molecule has 1 aliphatic rings. The average molecular weight is 235 g/mol. The Hall–Kier alpha value is -0.930. The average Bonchev–Trinajstić information content (AvgIpc) is 2.39. The molecule has 2 atom stereocenters. The first kappa shape index (κ1) is 12.5. The molecule has 1 aliphatic carbocycles. The highest BCUT2D eigenvalue weighted by atomic mass is 16.3. The van der Waals surface area contributed by atoms with Crippen LogP contribution in [0.1, 0.15) is 49.3 Å². The second-order valence-electron chi connectivity index (χ2n) is 5.07. The highest BCUT2D eigenvalue weighted by Crippen LogP contribution is 2.32. The van der Waals surface area contributed by atoms with E-state index in [1.165, 1.54) is 19.3 Å². The molecule has 0 spiro atoms. The minimum atomic E-state index is -0.799. The van der Waals surface area contributed by atoms with Gasteiger partial charge in [0.1, 0.15) is 6.10 Å². The van der Waals surface area contributed by atoms with Crippen molar-refractivity contribution in [3.8, 4) is 0 Å². The molecule has 0 aromatic carbocycles. The van der Waals surface area contributed by atoms with Gasteiger partial charge in [-0.2, -0.15) is 0 Å². The van der Waals surface area contributed by atoms with Crippen molar-refractivity contribution in [1.29, 1.82) is 0 Å². The predicted molar refractivity (Wildman–Crippen MR) is 66.5 cm³/mol. The Morgan fingerprint density at radius 3 is 2.59 bits per heavy atom. The van der Waals surface area contributed by atoms with Crippen molar-refractivity contribution in [3.05, 3.63) is 29.6 Å². The monoisotopic (exact) mass is 235 g/mol. The van der Waals surface area contributed by atoms with Gasteiger partial charge in [0.15, 0.2) is 0 Å². The van der Waals surface area contributed by atoms with Crippen molar-refractivity contribution in [2.45, 2.75) is 51.2 Å². The van der Waals surface area contributed by atoms with Crippen LogP contribution in [0.4, 0.5) is 0 Å². The zero-order valence-electron chi connectivity index (χ0n) is 10.3. The Bertz CT molecular complexity index is 361. The summed E-state index contributed by atoms with van der Waals surface area (Å²) in [6.45, 7) is 1.94. The fourth-order valence-corrected chi connectivity index (χ4v) is 2.70. The number of aryl methyl sites for hydroxylation is 1. The Kier molecular flexibility index (Phi) is 4.13. The van der Waals surface area contributed by atoms with Gasteiger partial charge in [-0.05, 0) is 37.3 Å². The number of pyridine rings is 1. The molecule has 1 aromatic heterocycles. The number of rotatable bonds is 3. The van der Waals surface area contributed by atoms with E-state index in [4.69, 9.17) is 0 Å². The summed E-state index contributed by atoms with van der Waals surface area (Å²) < 4.78 is 0. The lowest BCUT2D eigenvalue weighted by molar-refractivity contribution is -0.0290. The van der Waals surface area contributed by atoms with Crippen LogP contribution < -0.4 is 0 Å². The number of hydrogen-bond donors (Lipinski definition) is 2. The van der Waals surface area contributed by atoms with Gasteiger partial charge in [0.2, 0.25) is 0 Å². The molecule has 0 aliphatic heterocycles. The van der Waals surface area contributed by atoms with Crippen LogP contribution >= 0.6 is 0 Å². The van der Waals surface area contributed by atoms with Gasteiger partial charge >= 0.3 is 0 Å². The van der Waals surface area contributed by atoms with Gasteiger partial charge < -0.3 is 10.2 Å². The van der Waals surface area contributed by atoms with E-state index < -0.39 is 12.2 Å². The molecule has 0 bridgehead atoms. The molecule has 3 nitrogen and oxygen atoms in total. The topological polar surface area (TPSA) is 53.4 Å². The molecule has 1 aromatic rings. The van der Waals surface area contributed by atoms with Gasteiger partial charge in [0.05, 0.1) is 6.10 Å². The zero-order valence-corrected chi connectivity index (χ0v) is 10.3. The van der Waals surface area contributed by atoms with Crippen molar-refractivity contribution < 1.29 is 10.2 Å². The van der Waals surface area contributed by atoms with Gasteiger partial charge in [-0.15, -0.1) is 0 Å².